The van der Waals surface area contributed by atoms with Gasteiger partial charge in [-0.3, -0.25) is 4.79 Å². The van der Waals surface area contributed by atoms with E-state index in [1.807, 2.05) is 0 Å². The second-order valence-corrected chi connectivity index (χ2v) is 13.6. The second kappa shape index (κ2) is 24.7. The van der Waals surface area contributed by atoms with E-state index in [-0.39, 0.29) is 65.7 Å². The number of halogens is 2. The molecule has 0 radical (unpaired) electrons. The summed E-state index contributed by atoms with van der Waals surface area (Å²) < 4.78 is 0. The molecule has 46 heavy (non-hydrogen) atoms. The zero-order valence-electron chi connectivity index (χ0n) is 25.0. The van der Waals surface area contributed by atoms with Crippen molar-refractivity contribution >= 4 is 78.5 Å². The molecule has 1 N–H and O–H groups in total. The number of hydrogen-bond donors (Lipinski definition) is 1. The molecular formula is C38H36Cl2O2P2Pd2. The first kappa shape index (κ1) is 43.6. The molecular weight excluding hydrogens is 834 g/mol. The van der Waals surface area contributed by atoms with Crippen molar-refractivity contribution in [1.82, 2.24) is 0 Å². The maximum atomic E-state index is 9.00. The molecule has 0 bridgehead atoms. The Balaban J connectivity index is 0.000000732. The van der Waals surface area contributed by atoms with Crippen molar-refractivity contribution in [3.8, 4) is 0 Å². The molecule has 2 nitrogen and oxygen atoms in total. The Morgan fingerprint density at radius 2 is 0.478 bits per heavy atom. The molecule has 0 unspecified atom stereocenters. The summed E-state index contributed by atoms with van der Waals surface area (Å²) in [6, 6.07) is 64.7. The molecule has 0 aliphatic heterocycles. The average Bonchev–Trinajstić information content (AvgIpc) is 3.05. The van der Waals surface area contributed by atoms with Gasteiger partial charge in [0, 0.05) is 47.8 Å². The third-order valence-corrected chi connectivity index (χ3v) is 11.0. The molecule has 0 fully saturated rings. The van der Waals surface area contributed by atoms with E-state index in [1.54, 1.807) is 0 Å². The third-order valence-electron chi connectivity index (χ3n) is 6.09. The van der Waals surface area contributed by atoms with E-state index in [1.165, 1.54) is 31.8 Å². The predicted molar refractivity (Wildman–Crippen MR) is 198 cm³/mol. The normalized spacial score (nSPS) is 9.28. The van der Waals surface area contributed by atoms with E-state index in [0.29, 0.717) is 0 Å². The summed E-state index contributed by atoms with van der Waals surface area (Å²) in [6.45, 7) is 1.08. The number of rotatable bonds is 6. The van der Waals surface area contributed by atoms with Crippen LogP contribution in [0.5, 0.6) is 0 Å². The average molecular weight is 870 g/mol. The molecule has 0 aliphatic carbocycles. The van der Waals surface area contributed by atoms with Crippen molar-refractivity contribution in [1.29, 1.82) is 0 Å². The number of benzene rings is 6. The first-order chi connectivity index (χ1) is 20.6. The Hall–Kier alpha value is -2.45. The van der Waals surface area contributed by atoms with Crippen molar-refractivity contribution in [2.75, 3.05) is 0 Å². The zero-order chi connectivity index (χ0) is 29.4. The van der Waals surface area contributed by atoms with Gasteiger partial charge >= 0.3 is 0 Å². The summed E-state index contributed by atoms with van der Waals surface area (Å²) in [5.74, 6) is -0.833. The van der Waals surface area contributed by atoms with Crippen molar-refractivity contribution in [2.45, 2.75) is 6.92 Å². The van der Waals surface area contributed by atoms with Crippen LogP contribution in [0.1, 0.15) is 6.92 Å². The Morgan fingerprint density at radius 1 is 0.370 bits per heavy atom. The fraction of sp³-hybridized carbons (Fsp3) is 0.0263. The van der Waals surface area contributed by atoms with Crippen molar-refractivity contribution in [2.24, 2.45) is 0 Å². The molecule has 8 heteroatoms. The van der Waals surface area contributed by atoms with E-state index in [0.717, 1.165) is 6.92 Å². The monoisotopic (exact) mass is 868 g/mol. The minimum Gasteiger partial charge on any atom is -0.481 e. The fourth-order valence-electron chi connectivity index (χ4n) is 4.36. The van der Waals surface area contributed by atoms with Crippen LogP contribution in [0.15, 0.2) is 182 Å². The van der Waals surface area contributed by atoms with Crippen LogP contribution in [0, 0.1) is 0 Å². The van der Waals surface area contributed by atoms with Gasteiger partial charge in [0.25, 0.3) is 5.97 Å². The summed E-state index contributed by atoms with van der Waals surface area (Å²) in [6.07, 6.45) is 0. The standard InChI is InChI=1S/2C18H15P.C2H4O2.2ClH.2Pd/c2*1-4-10-16(11-5-1)19(17-12-6-2-7-13-17)18-14-8-3-9-15-18;1-2(3)4;;;;/h2*1-15H;1H3,(H,3,4);2*1H;;. The summed E-state index contributed by atoms with van der Waals surface area (Å²) in [5, 5.41) is 15.8. The molecule has 0 heterocycles. The van der Waals surface area contributed by atoms with Crippen LogP contribution in [0.3, 0.4) is 0 Å². The molecule has 6 rings (SSSR count). The number of carboxylic acids is 1. The molecule has 0 aromatic heterocycles. The zero-order valence-corrected chi connectivity index (χ0v) is 31.6. The Bertz CT molecular complexity index is 1290. The third kappa shape index (κ3) is 14.1. The quantitative estimate of drug-likeness (QED) is 0.137. The summed E-state index contributed by atoms with van der Waals surface area (Å²) in [5.41, 5.74) is 0. The molecule has 0 saturated heterocycles. The molecule has 244 valence electrons. The minimum absolute atomic E-state index is 0. The fourth-order valence-corrected chi connectivity index (χ4v) is 8.97. The summed E-state index contributed by atoms with van der Waals surface area (Å²) in [7, 11) is -0.892. The van der Waals surface area contributed by atoms with Crippen LogP contribution >= 0.6 is 40.7 Å². The van der Waals surface area contributed by atoms with Crippen LogP contribution in [0.4, 0.5) is 0 Å². The van der Waals surface area contributed by atoms with Gasteiger partial charge in [-0.2, -0.15) is 0 Å². The molecule has 6 aromatic rings. The largest absolute Gasteiger partial charge is 0.481 e. The van der Waals surface area contributed by atoms with Crippen molar-refractivity contribution in [3.05, 3.63) is 182 Å². The van der Waals surface area contributed by atoms with Gasteiger partial charge in [-0.25, -0.2) is 0 Å². The summed E-state index contributed by atoms with van der Waals surface area (Å²) >= 11 is 0. The van der Waals surface area contributed by atoms with Gasteiger partial charge in [0.2, 0.25) is 0 Å². The predicted octanol–water partition coefficient (Wildman–Crippen LogP) is 7.82. The molecule has 0 amide bonds. The maximum Gasteiger partial charge on any atom is 0.300 e. The van der Waals surface area contributed by atoms with Gasteiger partial charge in [0.15, 0.2) is 0 Å². The van der Waals surface area contributed by atoms with Gasteiger partial charge in [-0.05, 0) is 47.7 Å². The first-order valence-electron chi connectivity index (χ1n) is 13.7. The molecule has 0 aliphatic rings. The molecule has 0 saturated carbocycles. The Morgan fingerprint density at radius 3 is 0.587 bits per heavy atom. The SMILES string of the molecule is CC(=O)O.Cl.Cl.[Pd].[Pd].c1ccc(P(c2ccccc2)c2ccccc2)cc1.c1ccc(P(c2ccccc2)c2ccccc2)cc1. The number of aliphatic carboxylic acids is 1. The van der Waals surface area contributed by atoms with E-state index in [9.17, 15) is 0 Å². The Kier molecular flexibility index (Phi) is 23.4. The smallest absolute Gasteiger partial charge is 0.300 e. The number of hydrogen-bond acceptors (Lipinski definition) is 1. The van der Waals surface area contributed by atoms with Gasteiger partial charge in [-0.1, -0.05) is 182 Å². The van der Waals surface area contributed by atoms with E-state index in [2.05, 4.69) is 182 Å². The van der Waals surface area contributed by atoms with Crippen LogP contribution in [-0.2, 0) is 45.6 Å². The van der Waals surface area contributed by atoms with Gasteiger partial charge in [0.1, 0.15) is 0 Å². The number of carboxylic acid groups (broad SMARTS) is 1. The summed E-state index contributed by atoms with van der Waals surface area (Å²) in [4.78, 5) is 9.00. The van der Waals surface area contributed by atoms with E-state index < -0.39 is 21.8 Å². The van der Waals surface area contributed by atoms with Crippen LogP contribution in [0.25, 0.3) is 0 Å². The van der Waals surface area contributed by atoms with Gasteiger partial charge in [-0.15, -0.1) is 24.8 Å². The van der Waals surface area contributed by atoms with Gasteiger partial charge in [0.05, 0.1) is 0 Å². The molecule has 0 atom stereocenters. The van der Waals surface area contributed by atoms with E-state index >= 15 is 0 Å². The minimum atomic E-state index is -0.833. The van der Waals surface area contributed by atoms with Crippen molar-refractivity contribution < 1.29 is 50.7 Å². The topological polar surface area (TPSA) is 37.3 Å². The molecule has 0 spiro atoms. The van der Waals surface area contributed by atoms with Crippen LogP contribution in [-0.4, -0.2) is 11.1 Å². The Labute approximate surface area is 315 Å². The van der Waals surface area contributed by atoms with E-state index in [4.69, 9.17) is 9.90 Å². The molecule has 6 aromatic carbocycles. The second-order valence-electron chi connectivity index (χ2n) is 9.20. The van der Waals surface area contributed by atoms with Crippen LogP contribution < -0.4 is 31.8 Å². The first-order valence-corrected chi connectivity index (χ1v) is 16.4. The van der Waals surface area contributed by atoms with Gasteiger partial charge < -0.3 is 5.11 Å². The van der Waals surface area contributed by atoms with Crippen LogP contribution in [0.2, 0.25) is 0 Å². The maximum absolute atomic E-state index is 9.00. The van der Waals surface area contributed by atoms with Crippen molar-refractivity contribution in [3.63, 3.8) is 0 Å². The number of carbonyl (C=O) groups is 1.